The van der Waals surface area contributed by atoms with Crippen molar-refractivity contribution >= 4 is 0 Å². The van der Waals surface area contributed by atoms with Gasteiger partial charge in [-0.15, -0.1) is 0 Å². The van der Waals surface area contributed by atoms with Crippen LogP contribution in [0.2, 0.25) is 0 Å². The van der Waals surface area contributed by atoms with E-state index in [1.54, 1.807) is 7.11 Å². The van der Waals surface area contributed by atoms with Gasteiger partial charge >= 0.3 is 0 Å². The Hall–Kier alpha value is -3.59. The van der Waals surface area contributed by atoms with Gasteiger partial charge in [0.2, 0.25) is 6.36 Å². The van der Waals surface area contributed by atoms with Gasteiger partial charge in [-0.05, 0) is 34.4 Å². The van der Waals surface area contributed by atoms with Gasteiger partial charge < -0.3 is 28.4 Å². The SMILES string of the molecule is COc1ccc(CO[C@@H]2[C@@H](OCc3ccccc3)[C@H](F)O[C@H](COCc3ccccc3)[C@@H]2OCc2ccccc2)cc1. The zero-order valence-corrected chi connectivity index (χ0v) is 23.7. The lowest BCUT2D eigenvalue weighted by molar-refractivity contribution is -0.298. The summed E-state index contributed by atoms with van der Waals surface area (Å²) in [5.74, 6) is 0.748. The first kappa shape index (κ1) is 29.9. The second-order valence-electron chi connectivity index (χ2n) is 10.2. The molecule has 1 fully saturated rings. The average molecular weight is 573 g/mol. The largest absolute Gasteiger partial charge is 0.497 e. The Morgan fingerprint density at radius 3 is 1.52 bits per heavy atom. The number of ether oxygens (including phenoxy) is 6. The molecule has 5 atom stereocenters. The summed E-state index contributed by atoms with van der Waals surface area (Å²) in [5.41, 5.74) is 3.84. The molecule has 0 spiro atoms. The molecule has 0 amide bonds. The predicted molar refractivity (Wildman–Crippen MR) is 157 cm³/mol. The lowest BCUT2D eigenvalue weighted by Crippen LogP contribution is -2.60. The van der Waals surface area contributed by atoms with Crippen LogP contribution in [0, 0.1) is 0 Å². The van der Waals surface area contributed by atoms with Crippen molar-refractivity contribution in [3.63, 3.8) is 0 Å². The van der Waals surface area contributed by atoms with Gasteiger partial charge in [-0.2, -0.15) is 0 Å². The number of halogens is 1. The summed E-state index contributed by atoms with van der Waals surface area (Å²) in [6.07, 6.45) is -4.91. The molecule has 7 heteroatoms. The normalized spacial score (nSPS) is 22.1. The summed E-state index contributed by atoms with van der Waals surface area (Å²) in [5, 5.41) is 0. The molecule has 1 aliphatic heterocycles. The maximum Gasteiger partial charge on any atom is 0.228 e. The van der Waals surface area contributed by atoms with E-state index in [1.165, 1.54) is 0 Å². The van der Waals surface area contributed by atoms with Crippen molar-refractivity contribution in [1.29, 1.82) is 0 Å². The zero-order valence-electron chi connectivity index (χ0n) is 23.7. The molecule has 5 rings (SSSR count). The van der Waals surface area contributed by atoms with Crippen molar-refractivity contribution in [1.82, 2.24) is 0 Å². The monoisotopic (exact) mass is 572 g/mol. The van der Waals surface area contributed by atoms with Gasteiger partial charge in [0.1, 0.15) is 30.2 Å². The summed E-state index contributed by atoms with van der Waals surface area (Å²) in [7, 11) is 1.62. The van der Waals surface area contributed by atoms with Gasteiger partial charge in [0.25, 0.3) is 0 Å². The van der Waals surface area contributed by atoms with Crippen molar-refractivity contribution in [3.05, 3.63) is 138 Å². The van der Waals surface area contributed by atoms with E-state index in [1.807, 2.05) is 115 Å². The van der Waals surface area contributed by atoms with E-state index >= 15 is 4.39 Å². The highest BCUT2D eigenvalue weighted by Crippen LogP contribution is 2.31. The molecular weight excluding hydrogens is 535 g/mol. The fourth-order valence-corrected chi connectivity index (χ4v) is 4.88. The number of hydrogen-bond donors (Lipinski definition) is 0. The van der Waals surface area contributed by atoms with Crippen LogP contribution in [0.3, 0.4) is 0 Å². The maximum absolute atomic E-state index is 15.8. The molecule has 0 unspecified atom stereocenters. The first-order chi connectivity index (χ1) is 20.7. The van der Waals surface area contributed by atoms with Gasteiger partial charge in [0.15, 0.2) is 0 Å². The van der Waals surface area contributed by atoms with Crippen LogP contribution in [-0.4, -0.2) is 44.5 Å². The lowest BCUT2D eigenvalue weighted by Gasteiger charge is -2.43. The Morgan fingerprint density at radius 1 is 0.548 bits per heavy atom. The van der Waals surface area contributed by atoms with Crippen molar-refractivity contribution < 1.29 is 32.8 Å². The highest BCUT2D eigenvalue weighted by atomic mass is 19.1. The van der Waals surface area contributed by atoms with Crippen LogP contribution in [0.4, 0.5) is 4.39 Å². The zero-order chi connectivity index (χ0) is 29.0. The molecule has 0 aliphatic carbocycles. The molecule has 0 saturated carbocycles. The van der Waals surface area contributed by atoms with Crippen LogP contribution < -0.4 is 4.74 Å². The van der Waals surface area contributed by atoms with Gasteiger partial charge in [-0.25, -0.2) is 4.39 Å². The number of methoxy groups -OCH3 is 1. The van der Waals surface area contributed by atoms with Gasteiger partial charge in [0, 0.05) is 0 Å². The standard InChI is InChI=1S/C35H37FO6/c1-37-30-19-17-29(18-20-30)24-40-33-32(39-22-27-13-7-3-8-14-27)31(25-38-21-26-11-5-2-6-12-26)42-35(36)34(33)41-23-28-15-9-4-10-16-28/h2-20,31-35H,21-25H2,1H3/t31-,32+,33+,34-,35-/m1/s1. The smallest absolute Gasteiger partial charge is 0.228 e. The van der Waals surface area contributed by atoms with E-state index in [0.717, 1.165) is 28.0 Å². The minimum atomic E-state index is -1.74. The van der Waals surface area contributed by atoms with E-state index in [2.05, 4.69) is 0 Å². The molecule has 0 bridgehead atoms. The average Bonchev–Trinajstić information content (AvgIpc) is 3.04. The summed E-state index contributed by atoms with van der Waals surface area (Å²) < 4.78 is 52.1. The third-order valence-corrected chi connectivity index (χ3v) is 7.14. The first-order valence-electron chi connectivity index (χ1n) is 14.2. The van der Waals surface area contributed by atoms with E-state index in [-0.39, 0.29) is 19.8 Å². The Labute approximate surface area is 246 Å². The number of alkyl halides is 1. The van der Waals surface area contributed by atoms with Crippen molar-refractivity contribution in [3.8, 4) is 5.75 Å². The highest BCUT2D eigenvalue weighted by molar-refractivity contribution is 5.26. The number of hydrogen-bond acceptors (Lipinski definition) is 6. The van der Waals surface area contributed by atoms with Gasteiger partial charge in [-0.1, -0.05) is 103 Å². The van der Waals surface area contributed by atoms with E-state index < -0.39 is 30.8 Å². The molecule has 1 saturated heterocycles. The minimum Gasteiger partial charge on any atom is -0.497 e. The van der Waals surface area contributed by atoms with Crippen LogP contribution in [-0.2, 0) is 50.1 Å². The molecule has 0 N–H and O–H groups in total. The van der Waals surface area contributed by atoms with Crippen LogP contribution >= 0.6 is 0 Å². The number of rotatable bonds is 14. The highest BCUT2D eigenvalue weighted by Gasteiger charge is 2.48. The summed E-state index contributed by atoms with van der Waals surface area (Å²) >= 11 is 0. The molecule has 0 radical (unpaired) electrons. The Morgan fingerprint density at radius 2 is 1.00 bits per heavy atom. The summed E-state index contributed by atoms with van der Waals surface area (Å²) in [4.78, 5) is 0. The van der Waals surface area contributed by atoms with E-state index in [4.69, 9.17) is 28.4 Å². The fourth-order valence-electron chi connectivity index (χ4n) is 4.88. The van der Waals surface area contributed by atoms with Crippen molar-refractivity contribution in [2.75, 3.05) is 13.7 Å². The maximum atomic E-state index is 15.8. The molecule has 220 valence electrons. The molecule has 4 aromatic rings. The quantitative estimate of drug-likeness (QED) is 0.168. The lowest BCUT2D eigenvalue weighted by atomic mass is 9.98. The molecule has 1 heterocycles. The Bertz CT molecular complexity index is 1310. The molecule has 4 aromatic carbocycles. The molecular formula is C35H37FO6. The first-order valence-corrected chi connectivity index (χ1v) is 14.2. The number of benzene rings is 4. The fraction of sp³-hybridized carbons (Fsp3) is 0.314. The summed E-state index contributed by atoms with van der Waals surface area (Å²) in [6.45, 7) is 1.24. The predicted octanol–water partition coefficient (Wildman–Crippen LogP) is 6.66. The second kappa shape index (κ2) is 15.6. The minimum absolute atomic E-state index is 0.128. The van der Waals surface area contributed by atoms with Crippen LogP contribution in [0.25, 0.3) is 0 Å². The molecule has 6 nitrogen and oxygen atoms in total. The third kappa shape index (κ3) is 8.47. The van der Waals surface area contributed by atoms with E-state index in [0.29, 0.717) is 13.2 Å². The third-order valence-electron chi connectivity index (χ3n) is 7.14. The van der Waals surface area contributed by atoms with E-state index in [9.17, 15) is 0 Å². The van der Waals surface area contributed by atoms with Crippen LogP contribution in [0.15, 0.2) is 115 Å². The van der Waals surface area contributed by atoms with Crippen molar-refractivity contribution in [2.45, 2.75) is 57.2 Å². The Balaban J connectivity index is 1.36. The Kier molecular flexibility index (Phi) is 11.1. The summed E-state index contributed by atoms with van der Waals surface area (Å²) in [6, 6.07) is 36.9. The topological polar surface area (TPSA) is 55.4 Å². The molecule has 1 aliphatic rings. The molecule has 42 heavy (non-hydrogen) atoms. The van der Waals surface area contributed by atoms with Crippen LogP contribution in [0.5, 0.6) is 5.75 Å². The van der Waals surface area contributed by atoms with Gasteiger partial charge in [-0.3, -0.25) is 0 Å². The van der Waals surface area contributed by atoms with Crippen LogP contribution in [0.1, 0.15) is 22.3 Å². The second-order valence-corrected chi connectivity index (χ2v) is 10.2. The van der Waals surface area contributed by atoms with Gasteiger partial charge in [0.05, 0.1) is 40.1 Å². The molecule has 0 aromatic heterocycles. The van der Waals surface area contributed by atoms with Crippen molar-refractivity contribution in [2.24, 2.45) is 0 Å².